The van der Waals surface area contributed by atoms with Crippen molar-refractivity contribution in [2.45, 2.75) is 44.5 Å². The van der Waals surface area contributed by atoms with Crippen molar-refractivity contribution < 1.29 is 28.9 Å². The summed E-state index contributed by atoms with van der Waals surface area (Å²) >= 11 is 0. The summed E-state index contributed by atoms with van der Waals surface area (Å²) in [4.78, 5) is 20.0. The van der Waals surface area contributed by atoms with Crippen LogP contribution in [0.25, 0.3) is 0 Å². The number of hydrogen-bond acceptors (Lipinski definition) is 5. The Morgan fingerprint density at radius 3 is 2.25 bits per heavy atom. The highest BCUT2D eigenvalue weighted by atomic mass is 16.7. The average Bonchev–Trinajstić information content (AvgIpc) is 2.35. The molecular formula is C12H24N2O6. The fourth-order valence-corrected chi connectivity index (χ4v) is 1.45. The largest absolute Gasteiger partial charge is 0.465 e. The maximum Gasteiger partial charge on any atom is 0.404 e. The second kappa shape index (κ2) is 11.3. The lowest BCUT2D eigenvalue weighted by molar-refractivity contribution is -0.106. The van der Waals surface area contributed by atoms with Crippen molar-refractivity contribution in [3.63, 3.8) is 0 Å². The van der Waals surface area contributed by atoms with Crippen LogP contribution in [-0.4, -0.2) is 50.5 Å². The summed E-state index contributed by atoms with van der Waals surface area (Å²) in [5, 5.41) is 10.5. The highest BCUT2D eigenvalue weighted by molar-refractivity contribution is 5.64. The van der Waals surface area contributed by atoms with E-state index in [1.807, 2.05) is 0 Å². The maximum atomic E-state index is 10.0. The summed E-state index contributed by atoms with van der Waals surface area (Å²) in [7, 11) is 3.11. The number of nitrogens with one attached hydrogen (secondary N) is 1. The average molecular weight is 292 g/mol. The third kappa shape index (κ3) is 10.4. The van der Waals surface area contributed by atoms with E-state index >= 15 is 0 Å². The Hall–Kier alpha value is -1.54. The third-order valence-electron chi connectivity index (χ3n) is 2.75. The van der Waals surface area contributed by atoms with E-state index in [1.54, 1.807) is 14.2 Å². The molecule has 8 heteroatoms. The molecule has 0 aromatic heterocycles. The Morgan fingerprint density at radius 2 is 1.95 bits per heavy atom. The summed E-state index contributed by atoms with van der Waals surface area (Å²) in [6.07, 6.45) is 2.79. The lowest BCUT2D eigenvalue weighted by Gasteiger charge is -2.23. The van der Waals surface area contributed by atoms with Gasteiger partial charge in [-0.15, -0.1) is 0 Å². The van der Waals surface area contributed by atoms with Gasteiger partial charge in [0.05, 0.1) is 0 Å². The van der Waals surface area contributed by atoms with Gasteiger partial charge in [0, 0.05) is 27.2 Å². The number of ether oxygens (including phenoxy) is 3. The molecule has 0 aliphatic heterocycles. The van der Waals surface area contributed by atoms with Gasteiger partial charge in [-0.1, -0.05) is 0 Å². The molecule has 118 valence electrons. The molecule has 4 N–H and O–H groups in total. The molecule has 0 aromatic rings. The molecule has 0 spiro atoms. The van der Waals surface area contributed by atoms with E-state index in [-0.39, 0.29) is 12.4 Å². The number of hydrogen-bond donors (Lipinski definition) is 3. The topological polar surface area (TPSA) is 120 Å². The zero-order valence-corrected chi connectivity index (χ0v) is 12.0. The Bertz CT molecular complexity index is 279. The smallest absolute Gasteiger partial charge is 0.404 e. The minimum absolute atomic E-state index is 0.132. The highest BCUT2D eigenvalue weighted by Crippen LogP contribution is 2.21. The van der Waals surface area contributed by atoms with E-state index in [0.29, 0.717) is 19.4 Å². The number of amides is 2. The predicted molar refractivity (Wildman–Crippen MR) is 71.4 cm³/mol. The first-order chi connectivity index (χ1) is 9.49. The minimum atomic E-state index is -0.999. The van der Waals surface area contributed by atoms with Gasteiger partial charge in [-0.3, -0.25) is 0 Å². The van der Waals surface area contributed by atoms with E-state index in [1.165, 1.54) is 0 Å². The van der Waals surface area contributed by atoms with Crippen LogP contribution in [0.5, 0.6) is 0 Å². The van der Waals surface area contributed by atoms with E-state index < -0.39 is 12.2 Å². The number of primary amides is 1. The van der Waals surface area contributed by atoms with E-state index in [9.17, 15) is 9.59 Å². The van der Waals surface area contributed by atoms with Crippen molar-refractivity contribution in [1.82, 2.24) is 5.32 Å². The van der Waals surface area contributed by atoms with Crippen LogP contribution >= 0.6 is 0 Å². The van der Waals surface area contributed by atoms with Gasteiger partial charge in [0.1, 0.15) is 6.10 Å². The number of carboxylic acid groups (broad SMARTS) is 1. The minimum Gasteiger partial charge on any atom is -0.465 e. The first-order valence-electron chi connectivity index (χ1n) is 6.48. The summed E-state index contributed by atoms with van der Waals surface area (Å²) in [5.41, 5.74) is 4.74. The van der Waals surface area contributed by atoms with Gasteiger partial charge in [0.2, 0.25) is 0 Å². The molecule has 1 rings (SSSR count). The van der Waals surface area contributed by atoms with Crippen LogP contribution in [0.3, 0.4) is 0 Å². The van der Waals surface area contributed by atoms with Crippen molar-refractivity contribution >= 4 is 12.2 Å². The van der Waals surface area contributed by atoms with Gasteiger partial charge in [-0.2, -0.15) is 0 Å². The maximum absolute atomic E-state index is 10.0. The molecule has 0 unspecified atom stereocenters. The third-order valence-corrected chi connectivity index (χ3v) is 2.75. The van der Waals surface area contributed by atoms with E-state index in [0.717, 1.165) is 19.3 Å². The molecule has 8 nitrogen and oxygen atoms in total. The van der Waals surface area contributed by atoms with Crippen molar-refractivity contribution in [3.05, 3.63) is 0 Å². The summed E-state index contributed by atoms with van der Waals surface area (Å²) in [6.45, 7) is 0.429. The lowest BCUT2D eigenvalue weighted by Crippen LogP contribution is -2.27. The predicted octanol–water partition coefficient (Wildman–Crippen LogP) is 1.29. The Morgan fingerprint density at radius 1 is 1.35 bits per heavy atom. The molecule has 0 bridgehead atoms. The lowest BCUT2D eigenvalue weighted by atomic mass is 9.96. The Kier molecular flexibility index (Phi) is 10.4. The second-order valence-electron chi connectivity index (χ2n) is 4.26. The molecule has 1 fully saturated rings. The van der Waals surface area contributed by atoms with Gasteiger partial charge < -0.3 is 30.4 Å². The molecule has 0 aromatic carbocycles. The molecule has 2 amide bonds. The van der Waals surface area contributed by atoms with Gasteiger partial charge >= 0.3 is 12.2 Å². The van der Waals surface area contributed by atoms with Crippen molar-refractivity contribution in [1.29, 1.82) is 0 Å². The molecule has 1 aliphatic carbocycles. The van der Waals surface area contributed by atoms with Gasteiger partial charge in [0.15, 0.2) is 6.29 Å². The van der Waals surface area contributed by atoms with Crippen LogP contribution in [0.1, 0.15) is 32.1 Å². The summed E-state index contributed by atoms with van der Waals surface area (Å²) in [6, 6.07) is 0. The molecule has 0 saturated heterocycles. The van der Waals surface area contributed by atoms with Gasteiger partial charge in [-0.25, -0.2) is 9.59 Å². The molecular weight excluding hydrogens is 268 g/mol. The number of rotatable bonds is 7. The standard InChI is InChI=1S/C7H15NO4.C5H9NO2/c1-11-6(12-2)4-3-5-8-7(9)10;6-5(7)8-4-2-1-3-4/h6,8H,3-5H2,1-2H3,(H,9,10);4H,1-3H2,(H2,6,7). The van der Waals surface area contributed by atoms with E-state index in [2.05, 4.69) is 10.1 Å². The van der Waals surface area contributed by atoms with Crippen LogP contribution in [0.2, 0.25) is 0 Å². The number of nitrogens with two attached hydrogens (primary N) is 1. The highest BCUT2D eigenvalue weighted by Gasteiger charge is 2.19. The fraction of sp³-hybridized carbons (Fsp3) is 0.833. The van der Waals surface area contributed by atoms with Crippen LogP contribution in [-0.2, 0) is 14.2 Å². The Labute approximate surface area is 118 Å². The number of carbonyl (C=O) groups is 2. The van der Waals surface area contributed by atoms with Crippen molar-refractivity contribution in [2.24, 2.45) is 5.73 Å². The van der Waals surface area contributed by atoms with Gasteiger partial charge in [0.25, 0.3) is 0 Å². The van der Waals surface area contributed by atoms with E-state index in [4.69, 9.17) is 20.3 Å². The summed E-state index contributed by atoms with van der Waals surface area (Å²) < 4.78 is 14.4. The SMILES string of the molecule is COC(CCCNC(=O)O)OC.NC(=O)OC1CCC1. The second-order valence-corrected chi connectivity index (χ2v) is 4.26. The quantitative estimate of drug-likeness (QED) is 0.480. The first kappa shape index (κ1) is 18.5. The monoisotopic (exact) mass is 292 g/mol. The first-order valence-corrected chi connectivity index (χ1v) is 6.48. The molecule has 0 heterocycles. The van der Waals surface area contributed by atoms with Crippen LogP contribution in [0.15, 0.2) is 0 Å². The molecule has 0 radical (unpaired) electrons. The molecule has 1 aliphatic rings. The van der Waals surface area contributed by atoms with Crippen molar-refractivity contribution in [2.75, 3.05) is 20.8 Å². The zero-order chi connectivity index (χ0) is 15.4. The molecule has 1 saturated carbocycles. The zero-order valence-electron chi connectivity index (χ0n) is 12.0. The number of carbonyl (C=O) groups excluding carboxylic acids is 1. The van der Waals surface area contributed by atoms with Crippen LogP contribution in [0.4, 0.5) is 9.59 Å². The Balaban J connectivity index is 0.000000388. The number of methoxy groups -OCH3 is 2. The molecule has 20 heavy (non-hydrogen) atoms. The summed E-state index contributed by atoms with van der Waals surface area (Å²) in [5.74, 6) is 0. The van der Waals surface area contributed by atoms with Crippen molar-refractivity contribution in [3.8, 4) is 0 Å². The fourth-order valence-electron chi connectivity index (χ4n) is 1.45. The van der Waals surface area contributed by atoms with Crippen LogP contribution < -0.4 is 11.1 Å². The van der Waals surface area contributed by atoms with Gasteiger partial charge in [-0.05, 0) is 25.7 Å². The normalized spacial score (nSPS) is 13.9. The van der Waals surface area contributed by atoms with Crippen LogP contribution in [0, 0.1) is 0 Å². The molecule has 0 atom stereocenters.